The third-order valence-corrected chi connectivity index (χ3v) is 6.27. The summed E-state index contributed by atoms with van der Waals surface area (Å²) < 4.78 is 22.2. The zero-order valence-electron chi connectivity index (χ0n) is 12.2. The highest BCUT2D eigenvalue weighted by Gasteiger charge is 2.34. The Bertz CT molecular complexity index is 515. The van der Waals surface area contributed by atoms with Crippen molar-refractivity contribution < 1.29 is 43.4 Å². The summed E-state index contributed by atoms with van der Waals surface area (Å²) in [6, 6.07) is -2.51. The molecule has 12 nitrogen and oxygen atoms in total. The molecular formula is C8H19N3O9P2S2. The first-order valence-electron chi connectivity index (χ1n) is 6.08. The summed E-state index contributed by atoms with van der Waals surface area (Å²) in [5, 5.41) is 8.62. The van der Waals surface area contributed by atoms with E-state index in [1.807, 2.05) is 0 Å². The molecule has 0 aromatic heterocycles. The molecule has 2 atom stereocenters. The predicted molar refractivity (Wildman–Crippen MR) is 89.2 cm³/mol. The van der Waals surface area contributed by atoms with Crippen molar-refractivity contribution in [2.45, 2.75) is 12.1 Å². The highest BCUT2D eigenvalue weighted by Crippen LogP contribution is 2.42. The summed E-state index contributed by atoms with van der Waals surface area (Å²) in [7, 11) is -7.50. The zero-order valence-corrected chi connectivity index (χ0v) is 15.6. The van der Waals surface area contributed by atoms with Crippen molar-refractivity contribution in [3.05, 3.63) is 0 Å². The molecule has 0 saturated heterocycles. The van der Waals surface area contributed by atoms with Gasteiger partial charge in [-0.2, -0.15) is 0 Å². The lowest BCUT2D eigenvalue weighted by atomic mass is 10.3. The number of amides is 1. The fourth-order valence-corrected chi connectivity index (χ4v) is 5.48. The van der Waals surface area contributed by atoms with Crippen LogP contribution in [0.2, 0.25) is 0 Å². The Morgan fingerprint density at radius 2 is 1.42 bits per heavy atom. The molecule has 0 fully saturated rings. The van der Waals surface area contributed by atoms with E-state index in [-0.39, 0.29) is 11.5 Å². The van der Waals surface area contributed by atoms with E-state index in [0.717, 1.165) is 21.6 Å². The molecule has 0 rings (SSSR count). The lowest BCUT2D eigenvalue weighted by Gasteiger charge is -2.29. The van der Waals surface area contributed by atoms with Gasteiger partial charge in [-0.1, -0.05) is 21.6 Å². The van der Waals surface area contributed by atoms with Crippen LogP contribution in [0.3, 0.4) is 0 Å². The Balaban J connectivity index is 4.92. The van der Waals surface area contributed by atoms with E-state index in [1.165, 1.54) is 0 Å². The Morgan fingerprint density at radius 3 is 1.75 bits per heavy atom. The summed E-state index contributed by atoms with van der Waals surface area (Å²) in [6.07, 6.45) is -2.13. The summed E-state index contributed by atoms with van der Waals surface area (Å²) in [6.45, 7) is 0. The lowest BCUT2D eigenvalue weighted by Crippen LogP contribution is -2.47. The summed E-state index contributed by atoms with van der Waals surface area (Å²) in [5.41, 5.74) is 10.4. The number of aliphatic carboxylic acids is 1. The molecule has 24 heavy (non-hydrogen) atoms. The second kappa shape index (κ2) is 10.1. The van der Waals surface area contributed by atoms with E-state index in [1.54, 1.807) is 0 Å². The van der Waals surface area contributed by atoms with E-state index in [9.17, 15) is 18.7 Å². The second-order valence-electron chi connectivity index (χ2n) is 4.63. The maximum absolute atomic E-state index is 11.5. The zero-order chi connectivity index (χ0) is 19.1. The molecule has 0 spiro atoms. The van der Waals surface area contributed by atoms with Crippen LogP contribution < -0.4 is 11.5 Å². The molecule has 0 heterocycles. The van der Waals surface area contributed by atoms with Gasteiger partial charge in [-0.15, -0.1) is 0 Å². The molecule has 0 aromatic rings. The van der Waals surface area contributed by atoms with Crippen LogP contribution in [-0.2, 0) is 18.7 Å². The number of carbonyl (C=O) groups is 2. The van der Waals surface area contributed by atoms with Crippen LogP contribution in [0.1, 0.15) is 0 Å². The Labute approximate surface area is 145 Å². The number of hydrogen-bond acceptors (Lipinski definition) is 8. The van der Waals surface area contributed by atoms with Crippen LogP contribution in [0, 0.1) is 0 Å². The van der Waals surface area contributed by atoms with Crippen molar-refractivity contribution in [2.24, 2.45) is 11.5 Å². The topological polar surface area (TPSA) is 225 Å². The predicted octanol–water partition coefficient (Wildman–Crippen LogP) is -1.79. The normalized spacial score (nSPS) is 15.2. The maximum Gasteiger partial charge on any atom is 0.339 e. The van der Waals surface area contributed by atoms with Crippen molar-refractivity contribution in [1.29, 1.82) is 0 Å². The van der Waals surface area contributed by atoms with Crippen LogP contribution in [0.5, 0.6) is 0 Å². The number of nitrogens with zero attached hydrogens (tertiary/aromatic N) is 1. The van der Waals surface area contributed by atoms with Gasteiger partial charge in [0.15, 0.2) is 0 Å². The van der Waals surface area contributed by atoms with Gasteiger partial charge in [0.25, 0.3) is 0 Å². The fourth-order valence-electron chi connectivity index (χ4n) is 1.39. The van der Waals surface area contributed by atoms with E-state index < -0.39 is 51.7 Å². The quantitative estimate of drug-likeness (QED) is 0.104. The highest BCUT2D eigenvalue weighted by atomic mass is 33.1. The Morgan fingerprint density at radius 1 is 1.00 bits per heavy atom. The largest absolute Gasteiger partial charge is 0.480 e. The smallest absolute Gasteiger partial charge is 0.339 e. The molecule has 0 radical (unpaired) electrons. The van der Waals surface area contributed by atoms with Gasteiger partial charge in [-0.05, 0) is 0 Å². The van der Waals surface area contributed by atoms with Crippen molar-refractivity contribution in [2.75, 3.05) is 24.1 Å². The van der Waals surface area contributed by atoms with E-state index in [4.69, 9.17) is 36.1 Å². The first-order chi connectivity index (χ1) is 10.7. The molecule has 0 aromatic carbocycles. The van der Waals surface area contributed by atoms with Crippen molar-refractivity contribution in [3.8, 4) is 0 Å². The minimum Gasteiger partial charge on any atom is -0.480 e. The molecule has 0 aliphatic rings. The monoisotopic (exact) mass is 427 g/mol. The molecule has 142 valence electrons. The van der Waals surface area contributed by atoms with Crippen LogP contribution in [-0.4, -0.2) is 77.6 Å². The SMILES string of the molecule is NC(=O)C(CSSCC(N)C(=O)O)N(CP(=O)(O)O)CP(=O)(O)O. The van der Waals surface area contributed by atoms with Gasteiger partial charge in [0.2, 0.25) is 5.91 Å². The lowest BCUT2D eigenvalue weighted by molar-refractivity contribution is -0.137. The van der Waals surface area contributed by atoms with Gasteiger partial charge in [0, 0.05) is 11.5 Å². The molecule has 2 unspecified atom stereocenters. The third kappa shape index (κ3) is 11.4. The molecule has 16 heteroatoms. The fraction of sp³-hybridized carbons (Fsp3) is 0.750. The average Bonchev–Trinajstić information content (AvgIpc) is 2.33. The van der Waals surface area contributed by atoms with E-state index >= 15 is 0 Å². The molecule has 0 bridgehead atoms. The van der Waals surface area contributed by atoms with Crippen LogP contribution in [0.15, 0.2) is 0 Å². The van der Waals surface area contributed by atoms with Crippen LogP contribution in [0.25, 0.3) is 0 Å². The van der Waals surface area contributed by atoms with Gasteiger partial charge in [-0.25, -0.2) is 0 Å². The average molecular weight is 427 g/mol. The molecule has 0 aliphatic carbocycles. The number of carboxylic acids is 1. The molecule has 0 aliphatic heterocycles. The summed E-state index contributed by atoms with van der Waals surface area (Å²) in [4.78, 5) is 58.6. The maximum atomic E-state index is 11.5. The van der Waals surface area contributed by atoms with Gasteiger partial charge in [0.1, 0.15) is 18.6 Å². The first kappa shape index (κ1) is 23.9. The van der Waals surface area contributed by atoms with Crippen LogP contribution in [0.4, 0.5) is 0 Å². The number of hydrogen-bond donors (Lipinski definition) is 7. The van der Waals surface area contributed by atoms with Crippen LogP contribution >= 0.6 is 36.8 Å². The number of primary amides is 1. The number of carboxylic acid groups (broad SMARTS) is 1. The second-order valence-corrected chi connectivity index (χ2v) is 10.4. The highest BCUT2D eigenvalue weighted by molar-refractivity contribution is 8.76. The number of nitrogens with two attached hydrogens (primary N) is 2. The molecular weight excluding hydrogens is 408 g/mol. The van der Waals surface area contributed by atoms with E-state index in [0.29, 0.717) is 4.90 Å². The van der Waals surface area contributed by atoms with Gasteiger partial charge in [0.05, 0.1) is 6.04 Å². The minimum absolute atomic E-state index is 0.0114. The summed E-state index contributed by atoms with van der Waals surface area (Å²) >= 11 is 0. The molecule has 0 saturated carbocycles. The first-order valence-corrected chi connectivity index (χ1v) is 12.2. The number of rotatable bonds is 12. The van der Waals surface area contributed by atoms with Crippen molar-refractivity contribution in [1.82, 2.24) is 4.90 Å². The molecule has 9 N–H and O–H groups in total. The standard InChI is InChI=1S/C8H19N3O9P2S2/c9-5(8(13)14)1-23-24-2-6(7(10)12)11(3-21(15,16)17)4-22(18,19)20/h5-6H,1-4,9H2,(H2,10,12)(H,13,14)(H2,15,16,17)(H2,18,19,20). The van der Waals surface area contributed by atoms with Crippen molar-refractivity contribution >= 4 is 48.7 Å². The minimum atomic E-state index is -4.71. The van der Waals surface area contributed by atoms with Crippen molar-refractivity contribution in [3.63, 3.8) is 0 Å². The van der Waals surface area contributed by atoms with Gasteiger partial charge >= 0.3 is 21.2 Å². The van der Waals surface area contributed by atoms with Gasteiger partial charge in [-0.3, -0.25) is 23.6 Å². The number of carbonyl (C=O) groups excluding carboxylic acids is 1. The summed E-state index contributed by atoms with van der Waals surface area (Å²) in [5.74, 6) is -2.44. The van der Waals surface area contributed by atoms with Gasteiger partial charge < -0.3 is 36.1 Å². The Kier molecular flexibility index (Phi) is 10.1. The molecule has 1 amide bonds. The van der Waals surface area contributed by atoms with E-state index in [2.05, 4.69) is 0 Å². The Hall–Kier alpha value is -0.140. The third-order valence-electron chi connectivity index (χ3n) is 2.37.